The van der Waals surface area contributed by atoms with Crippen LogP contribution in [0.5, 0.6) is 0 Å². The predicted octanol–water partition coefficient (Wildman–Crippen LogP) is 4.05. The highest BCUT2D eigenvalue weighted by atomic mass is 14.9. The van der Waals surface area contributed by atoms with Crippen molar-refractivity contribution in [2.24, 2.45) is 0 Å². The lowest BCUT2D eigenvalue weighted by molar-refractivity contribution is 0.788. The molecule has 0 amide bonds. The number of aryl methyl sites for hydroxylation is 2. The molecule has 2 nitrogen and oxygen atoms in total. The molecule has 0 spiro atoms. The number of benzene rings is 1. The fraction of sp³-hybridized carbons (Fsp3) is 0.375. The second-order valence-corrected chi connectivity index (χ2v) is 4.57. The molecule has 94 valence electrons. The van der Waals surface area contributed by atoms with Crippen molar-refractivity contribution < 1.29 is 0 Å². The summed E-state index contributed by atoms with van der Waals surface area (Å²) in [6.45, 7) is 4.36. The first-order valence-electron chi connectivity index (χ1n) is 6.73. The molecule has 0 atom stereocenters. The van der Waals surface area contributed by atoms with E-state index in [1.807, 2.05) is 12.4 Å². The zero-order chi connectivity index (χ0) is 12.8. The number of rotatable bonds is 5. The Bertz CT molecular complexity index is 471. The van der Waals surface area contributed by atoms with Gasteiger partial charge >= 0.3 is 0 Å². The molecule has 0 unspecified atom stereocenters. The van der Waals surface area contributed by atoms with E-state index in [1.165, 1.54) is 24.0 Å². The summed E-state index contributed by atoms with van der Waals surface area (Å²) < 4.78 is 0. The maximum absolute atomic E-state index is 4.45. The van der Waals surface area contributed by atoms with Gasteiger partial charge in [-0.2, -0.15) is 0 Å². The molecule has 0 saturated heterocycles. The molecule has 1 heterocycles. The third-order valence-electron chi connectivity index (χ3n) is 3.14. The second kappa shape index (κ2) is 6.29. The topological polar surface area (TPSA) is 25.8 Å². The highest BCUT2D eigenvalue weighted by Crippen LogP contribution is 2.16. The third kappa shape index (κ3) is 3.16. The Labute approximate surface area is 109 Å². The molecule has 0 aliphatic heterocycles. The predicted molar refractivity (Wildman–Crippen MR) is 75.5 cm³/mol. The summed E-state index contributed by atoms with van der Waals surface area (Å²) in [4.78, 5) is 8.89. The minimum Gasteiger partial charge on any atom is -0.236 e. The van der Waals surface area contributed by atoms with E-state index in [4.69, 9.17) is 0 Å². The number of aromatic nitrogens is 2. The van der Waals surface area contributed by atoms with Crippen molar-refractivity contribution in [3.05, 3.63) is 47.8 Å². The van der Waals surface area contributed by atoms with Crippen LogP contribution >= 0.6 is 0 Å². The first-order chi connectivity index (χ1) is 8.83. The molecule has 2 rings (SSSR count). The maximum Gasteiger partial charge on any atom is 0.159 e. The minimum absolute atomic E-state index is 0.818. The minimum atomic E-state index is 0.818. The number of nitrogens with zero attached hydrogens (tertiary/aromatic N) is 2. The van der Waals surface area contributed by atoms with Crippen LogP contribution in [0.15, 0.2) is 36.7 Å². The van der Waals surface area contributed by atoms with Crippen LogP contribution < -0.4 is 0 Å². The fourth-order valence-corrected chi connectivity index (χ4v) is 1.90. The molecule has 0 aliphatic carbocycles. The zero-order valence-corrected chi connectivity index (χ0v) is 11.2. The first kappa shape index (κ1) is 12.7. The van der Waals surface area contributed by atoms with E-state index in [2.05, 4.69) is 48.1 Å². The van der Waals surface area contributed by atoms with Gasteiger partial charge in [-0.3, -0.25) is 0 Å². The van der Waals surface area contributed by atoms with E-state index < -0.39 is 0 Å². The van der Waals surface area contributed by atoms with Gasteiger partial charge in [0.25, 0.3) is 0 Å². The van der Waals surface area contributed by atoms with E-state index in [1.54, 1.807) is 0 Å². The van der Waals surface area contributed by atoms with Crippen LogP contribution in [0.1, 0.15) is 37.8 Å². The lowest BCUT2D eigenvalue weighted by Gasteiger charge is -2.03. The van der Waals surface area contributed by atoms with E-state index in [9.17, 15) is 0 Å². The van der Waals surface area contributed by atoms with E-state index >= 15 is 0 Å². The van der Waals surface area contributed by atoms with Gasteiger partial charge in [-0.05, 0) is 30.4 Å². The molecular formula is C16H20N2. The summed E-state index contributed by atoms with van der Waals surface area (Å²) in [7, 11) is 0. The Kier molecular flexibility index (Phi) is 4.46. The molecule has 0 N–H and O–H groups in total. The summed E-state index contributed by atoms with van der Waals surface area (Å²) in [5, 5.41) is 0. The Morgan fingerprint density at radius 2 is 1.56 bits per heavy atom. The smallest absolute Gasteiger partial charge is 0.159 e. The molecule has 0 radical (unpaired) electrons. The normalized spacial score (nSPS) is 10.6. The largest absolute Gasteiger partial charge is 0.236 e. The van der Waals surface area contributed by atoms with Gasteiger partial charge in [0.2, 0.25) is 0 Å². The van der Waals surface area contributed by atoms with Crippen molar-refractivity contribution in [3.63, 3.8) is 0 Å². The summed E-state index contributed by atoms with van der Waals surface area (Å²) >= 11 is 0. The van der Waals surface area contributed by atoms with Gasteiger partial charge < -0.3 is 0 Å². The lowest BCUT2D eigenvalue weighted by atomic mass is 10.1. The molecule has 1 aromatic carbocycles. The van der Waals surface area contributed by atoms with Crippen LogP contribution in [0, 0.1) is 0 Å². The van der Waals surface area contributed by atoms with Gasteiger partial charge in [-0.1, -0.05) is 44.5 Å². The van der Waals surface area contributed by atoms with Crippen LogP contribution in [0.3, 0.4) is 0 Å². The summed E-state index contributed by atoms with van der Waals surface area (Å²) in [6.07, 6.45) is 8.45. The standard InChI is InChI=1S/C16H20N2/c1-3-5-6-14-11-17-16(18-12-14)15-9-7-13(4-2)8-10-15/h7-12H,3-6H2,1-2H3. The molecule has 0 saturated carbocycles. The number of unbranched alkanes of at least 4 members (excludes halogenated alkanes) is 1. The molecule has 2 heteroatoms. The number of hydrogen-bond donors (Lipinski definition) is 0. The van der Waals surface area contributed by atoms with Crippen LogP contribution in [-0.2, 0) is 12.8 Å². The van der Waals surface area contributed by atoms with Crippen molar-refractivity contribution in [1.82, 2.24) is 9.97 Å². The summed E-state index contributed by atoms with van der Waals surface area (Å²) in [6, 6.07) is 8.48. The maximum atomic E-state index is 4.45. The quantitative estimate of drug-likeness (QED) is 0.788. The molecule has 2 aromatic rings. The van der Waals surface area contributed by atoms with Gasteiger partial charge in [0.1, 0.15) is 0 Å². The van der Waals surface area contributed by atoms with Crippen molar-refractivity contribution >= 4 is 0 Å². The van der Waals surface area contributed by atoms with Gasteiger partial charge in [-0.25, -0.2) is 9.97 Å². The fourth-order valence-electron chi connectivity index (χ4n) is 1.90. The molecular weight excluding hydrogens is 220 g/mol. The van der Waals surface area contributed by atoms with Crippen molar-refractivity contribution in [2.45, 2.75) is 39.5 Å². The summed E-state index contributed by atoms with van der Waals surface area (Å²) in [5.74, 6) is 0.818. The first-order valence-corrected chi connectivity index (χ1v) is 6.73. The molecule has 18 heavy (non-hydrogen) atoms. The highest BCUT2D eigenvalue weighted by Gasteiger charge is 2.01. The van der Waals surface area contributed by atoms with Crippen LogP contribution in [0.2, 0.25) is 0 Å². The van der Waals surface area contributed by atoms with E-state index in [0.29, 0.717) is 0 Å². The van der Waals surface area contributed by atoms with Gasteiger partial charge in [-0.15, -0.1) is 0 Å². The van der Waals surface area contributed by atoms with E-state index in [-0.39, 0.29) is 0 Å². The Balaban J connectivity index is 2.12. The monoisotopic (exact) mass is 240 g/mol. The van der Waals surface area contributed by atoms with Gasteiger partial charge in [0.05, 0.1) is 0 Å². The zero-order valence-electron chi connectivity index (χ0n) is 11.2. The SMILES string of the molecule is CCCCc1cnc(-c2ccc(CC)cc2)nc1. The van der Waals surface area contributed by atoms with E-state index in [0.717, 1.165) is 24.2 Å². The molecule has 0 bridgehead atoms. The van der Waals surface area contributed by atoms with Gasteiger partial charge in [0.15, 0.2) is 5.82 Å². The highest BCUT2D eigenvalue weighted by molar-refractivity contribution is 5.55. The molecule has 1 aromatic heterocycles. The third-order valence-corrected chi connectivity index (χ3v) is 3.14. The van der Waals surface area contributed by atoms with Crippen molar-refractivity contribution in [2.75, 3.05) is 0 Å². The summed E-state index contributed by atoms with van der Waals surface area (Å²) in [5.41, 5.74) is 3.67. The lowest BCUT2D eigenvalue weighted by Crippen LogP contribution is -1.93. The molecule has 0 fully saturated rings. The Morgan fingerprint density at radius 3 is 2.11 bits per heavy atom. The Hall–Kier alpha value is -1.70. The Morgan fingerprint density at radius 1 is 0.889 bits per heavy atom. The van der Waals surface area contributed by atoms with Crippen LogP contribution in [-0.4, -0.2) is 9.97 Å². The van der Waals surface area contributed by atoms with Crippen LogP contribution in [0.25, 0.3) is 11.4 Å². The average Bonchev–Trinajstić information content (AvgIpc) is 2.46. The second-order valence-electron chi connectivity index (χ2n) is 4.57. The van der Waals surface area contributed by atoms with Crippen LogP contribution in [0.4, 0.5) is 0 Å². The van der Waals surface area contributed by atoms with Crippen molar-refractivity contribution in [3.8, 4) is 11.4 Å². The average molecular weight is 240 g/mol. The molecule has 0 aliphatic rings. The van der Waals surface area contributed by atoms with Crippen molar-refractivity contribution in [1.29, 1.82) is 0 Å². The number of hydrogen-bond acceptors (Lipinski definition) is 2. The van der Waals surface area contributed by atoms with Gasteiger partial charge in [0, 0.05) is 18.0 Å².